The second kappa shape index (κ2) is 9.50. The van der Waals surface area contributed by atoms with Crippen LogP contribution < -0.4 is 0 Å². The Balaban J connectivity index is 1.51. The maximum absolute atomic E-state index is 13.5. The van der Waals surface area contributed by atoms with Gasteiger partial charge < -0.3 is 9.80 Å². The van der Waals surface area contributed by atoms with Crippen molar-refractivity contribution in [2.75, 3.05) is 33.2 Å². The Labute approximate surface area is 193 Å². The first-order valence-corrected chi connectivity index (χ1v) is 11.5. The van der Waals surface area contributed by atoms with E-state index in [0.29, 0.717) is 24.3 Å². The monoisotopic (exact) mass is 440 g/mol. The standard InChI is InChI=1S/C26H28N6O/c1-30(14-15-31-12-5-6-13-31)26(33)22-16-24(21-9-3-2-4-10-21)29-25-23(22)18-28-32(25)19-20-8-7-11-27-17-20/h2-4,7-11,16-18H,5-6,12-15,19H2,1H3. The summed E-state index contributed by atoms with van der Waals surface area (Å²) in [5.74, 6) is -0.000272. The molecule has 1 saturated heterocycles. The molecule has 7 nitrogen and oxygen atoms in total. The molecule has 4 heterocycles. The van der Waals surface area contributed by atoms with Gasteiger partial charge in [-0.25, -0.2) is 9.67 Å². The van der Waals surface area contributed by atoms with Crippen LogP contribution in [0.15, 0.2) is 67.1 Å². The third kappa shape index (κ3) is 4.64. The fourth-order valence-corrected chi connectivity index (χ4v) is 4.37. The second-order valence-electron chi connectivity index (χ2n) is 8.60. The van der Waals surface area contributed by atoms with Gasteiger partial charge in [-0.1, -0.05) is 36.4 Å². The van der Waals surface area contributed by atoms with Crippen molar-refractivity contribution in [3.63, 3.8) is 0 Å². The van der Waals surface area contributed by atoms with E-state index in [4.69, 9.17) is 4.98 Å². The maximum atomic E-state index is 13.5. The van der Waals surface area contributed by atoms with Crippen LogP contribution in [-0.4, -0.2) is 68.7 Å². The van der Waals surface area contributed by atoms with Crippen molar-refractivity contribution in [3.05, 3.63) is 78.2 Å². The van der Waals surface area contributed by atoms with Crippen LogP contribution in [0, 0.1) is 0 Å². The summed E-state index contributed by atoms with van der Waals surface area (Å²) < 4.78 is 1.85. The summed E-state index contributed by atoms with van der Waals surface area (Å²) >= 11 is 0. The summed E-state index contributed by atoms with van der Waals surface area (Å²) in [5, 5.41) is 5.36. The average molecular weight is 441 g/mol. The fourth-order valence-electron chi connectivity index (χ4n) is 4.37. The minimum absolute atomic E-state index is 0.000272. The predicted molar refractivity (Wildman–Crippen MR) is 129 cm³/mol. The number of amides is 1. The molecular formula is C26H28N6O. The largest absolute Gasteiger partial charge is 0.340 e. The average Bonchev–Trinajstić information content (AvgIpc) is 3.53. The summed E-state index contributed by atoms with van der Waals surface area (Å²) in [6.45, 7) is 4.40. The minimum Gasteiger partial charge on any atom is -0.340 e. The summed E-state index contributed by atoms with van der Waals surface area (Å²) in [4.78, 5) is 26.9. The summed E-state index contributed by atoms with van der Waals surface area (Å²) in [6, 6.07) is 15.8. The highest BCUT2D eigenvalue weighted by molar-refractivity contribution is 6.06. The molecule has 0 saturated carbocycles. The number of carbonyl (C=O) groups excluding carboxylic acids is 1. The molecule has 1 aliphatic rings. The smallest absolute Gasteiger partial charge is 0.254 e. The highest BCUT2D eigenvalue weighted by atomic mass is 16.2. The SMILES string of the molecule is CN(CCN1CCCC1)C(=O)c1cc(-c2ccccc2)nc2c1cnn2Cc1cccnc1. The van der Waals surface area contributed by atoms with Crippen molar-refractivity contribution in [2.45, 2.75) is 19.4 Å². The van der Waals surface area contributed by atoms with E-state index in [2.05, 4.69) is 15.0 Å². The fraction of sp³-hybridized carbons (Fsp3) is 0.308. The Morgan fingerprint density at radius 2 is 1.88 bits per heavy atom. The second-order valence-corrected chi connectivity index (χ2v) is 8.60. The molecule has 0 aliphatic carbocycles. The molecule has 0 N–H and O–H groups in total. The lowest BCUT2D eigenvalue weighted by atomic mass is 10.1. The van der Waals surface area contributed by atoms with Gasteiger partial charge in [0.2, 0.25) is 0 Å². The van der Waals surface area contributed by atoms with Gasteiger partial charge in [-0.05, 0) is 43.6 Å². The molecule has 7 heteroatoms. The van der Waals surface area contributed by atoms with Crippen molar-refractivity contribution >= 4 is 16.9 Å². The molecule has 1 aliphatic heterocycles. The third-order valence-electron chi connectivity index (χ3n) is 6.26. The number of hydrogen-bond acceptors (Lipinski definition) is 5. The number of aromatic nitrogens is 4. The molecule has 5 rings (SSSR count). The zero-order valence-corrected chi connectivity index (χ0v) is 18.9. The summed E-state index contributed by atoms with van der Waals surface area (Å²) in [6.07, 6.45) is 7.84. The molecule has 1 fully saturated rings. The van der Waals surface area contributed by atoms with Gasteiger partial charge in [0, 0.05) is 38.1 Å². The molecule has 1 amide bonds. The molecule has 0 spiro atoms. The Hall–Kier alpha value is -3.58. The molecule has 0 atom stereocenters. The van der Waals surface area contributed by atoms with E-state index < -0.39 is 0 Å². The number of benzene rings is 1. The topological polar surface area (TPSA) is 67.2 Å². The highest BCUT2D eigenvalue weighted by Gasteiger charge is 2.21. The Bertz CT molecular complexity index is 1230. The van der Waals surface area contributed by atoms with E-state index in [9.17, 15) is 4.79 Å². The van der Waals surface area contributed by atoms with Crippen LogP contribution in [-0.2, 0) is 6.54 Å². The van der Waals surface area contributed by atoms with Crippen LogP contribution in [0.4, 0.5) is 0 Å². The van der Waals surface area contributed by atoms with Crippen molar-refractivity contribution in [2.24, 2.45) is 0 Å². The number of hydrogen-bond donors (Lipinski definition) is 0. The number of rotatable bonds is 7. The van der Waals surface area contributed by atoms with Crippen LogP contribution in [0.3, 0.4) is 0 Å². The Kier molecular flexibility index (Phi) is 6.13. The van der Waals surface area contributed by atoms with Crippen molar-refractivity contribution in [1.29, 1.82) is 0 Å². The van der Waals surface area contributed by atoms with Crippen LogP contribution in [0.2, 0.25) is 0 Å². The molecule has 0 radical (unpaired) electrons. The molecule has 0 bridgehead atoms. The van der Waals surface area contributed by atoms with Gasteiger partial charge in [0.1, 0.15) is 0 Å². The van der Waals surface area contributed by atoms with Gasteiger partial charge in [0.25, 0.3) is 5.91 Å². The number of carbonyl (C=O) groups is 1. The van der Waals surface area contributed by atoms with Crippen molar-refractivity contribution in [1.82, 2.24) is 29.5 Å². The maximum Gasteiger partial charge on any atom is 0.254 e. The first-order valence-electron chi connectivity index (χ1n) is 11.5. The first-order chi connectivity index (χ1) is 16.2. The van der Waals surface area contributed by atoms with E-state index in [0.717, 1.165) is 41.8 Å². The zero-order chi connectivity index (χ0) is 22.6. The van der Waals surface area contributed by atoms with Gasteiger partial charge in [0.15, 0.2) is 5.65 Å². The first kappa shape index (κ1) is 21.3. The molecule has 33 heavy (non-hydrogen) atoms. The minimum atomic E-state index is -0.000272. The van der Waals surface area contributed by atoms with E-state index in [1.54, 1.807) is 12.4 Å². The number of nitrogens with zero attached hydrogens (tertiary/aromatic N) is 6. The highest BCUT2D eigenvalue weighted by Crippen LogP contribution is 2.26. The number of pyridine rings is 2. The van der Waals surface area contributed by atoms with E-state index in [1.807, 2.05) is 71.4 Å². The summed E-state index contributed by atoms with van der Waals surface area (Å²) in [5.41, 5.74) is 4.12. The summed E-state index contributed by atoms with van der Waals surface area (Å²) in [7, 11) is 1.88. The lowest BCUT2D eigenvalue weighted by molar-refractivity contribution is 0.0784. The van der Waals surface area contributed by atoms with Crippen molar-refractivity contribution < 1.29 is 4.79 Å². The van der Waals surface area contributed by atoms with Gasteiger partial charge >= 0.3 is 0 Å². The molecule has 1 aromatic carbocycles. The zero-order valence-electron chi connectivity index (χ0n) is 18.9. The van der Waals surface area contributed by atoms with Gasteiger partial charge in [0.05, 0.1) is 29.4 Å². The number of likely N-dealkylation sites (N-methyl/N-ethyl adjacent to an activating group) is 1. The van der Waals surface area contributed by atoms with Gasteiger partial charge in [-0.3, -0.25) is 9.78 Å². The lowest BCUT2D eigenvalue weighted by Crippen LogP contribution is -2.35. The number of likely N-dealkylation sites (tertiary alicyclic amines) is 1. The lowest BCUT2D eigenvalue weighted by Gasteiger charge is -2.22. The molecule has 0 unspecified atom stereocenters. The van der Waals surface area contributed by atoms with Crippen LogP contribution in [0.25, 0.3) is 22.3 Å². The van der Waals surface area contributed by atoms with E-state index in [-0.39, 0.29) is 5.91 Å². The quantitative estimate of drug-likeness (QED) is 0.438. The normalized spacial score (nSPS) is 14.1. The van der Waals surface area contributed by atoms with Crippen LogP contribution >= 0.6 is 0 Å². The van der Waals surface area contributed by atoms with Gasteiger partial charge in [-0.15, -0.1) is 0 Å². The molecule has 168 valence electrons. The molecule has 3 aromatic heterocycles. The van der Waals surface area contributed by atoms with E-state index >= 15 is 0 Å². The van der Waals surface area contributed by atoms with Crippen LogP contribution in [0.5, 0.6) is 0 Å². The van der Waals surface area contributed by atoms with Gasteiger partial charge in [-0.2, -0.15) is 5.10 Å². The molecule has 4 aromatic rings. The van der Waals surface area contributed by atoms with E-state index in [1.165, 1.54) is 12.8 Å². The molecular weight excluding hydrogens is 412 g/mol. The predicted octanol–water partition coefficient (Wildman–Crippen LogP) is 3.71. The Morgan fingerprint density at radius 1 is 1.06 bits per heavy atom. The number of fused-ring (bicyclic) bond motifs is 1. The Morgan fingerprint density at radius 3 is 2.64 bits per heavy atom. The third-order valence-corrected chi connectivity index (χ3v) is 6.26. The van der Waals surface area contributed by atoms with Crippen molar-refractivity contribution in [3.8, 4) is 11.3 Å². The van der Waals surface area contributed by atoms with Crippen LogP contribution in [0.1, 0.15) is 28.8 Å².